The minimum atomic E-state index is -0.762. The molecule has 1 aromatic rings. The van der Waals surface area contributed by atoms with Crippen LogP contribution in [0.1, 0.15) is 65.2 Å². The van der Waals surface area contributed by atoms with E-state index in [4.69, 9.17) is 25.7 Å². The van der Waals surface area contributed by atoms with Crippen molar-refractivity contribution in [3.63, 3.8) is 0 Å². The van der Waals surface area contributed by atoms with Gasteiger partial charge in [0, 0.05) is 36.5 Å². The molecule has 0 amide bonds. The lowest BCUT2D eigenvalue weighted by atomic mass is 9.62. The van der Waals surface area contributed by atoms with Crippen molar-refractivity contribution in [2.75, 3.05) is 5.73 Å². The second-order valence-electron chi connectivity index (χ2n) is 10.3. The molecule has 186 valence electrons. The summed E-state index contributed by atoms with van der Waals surface area (Å²) in [5, 5.41) is 28.3. The zero-order valence-electron chi connectivity index (χ0n) is 19.5. The fraction of sp³-hybridized carbons (Fsp3) is 0.696. The molecule has 2 bridgehead atoms. The Morgan fingerprint density at radius 1 is 1.03 bits per heavy atom. The molecule has 4 aliphatic rings. The number of hydrogen-bond donors (Lipinski definition) is 2. The summed E-state index contributed by atoms with van der Waals surface area (Å²) in [6.45, 7) is 4.62. The first-order valence-electron chi connectivity index (χ1n) is 11.8. The fourth-order valence-corrected chi connectivity index (χ4v) is 6.06. The highest BCUT2D eigenvalue weighted by atomic mass is 17.3. The van der Waals surface area contributed by atoms with Crippen molar-refractivity contribution < 1.29 is 24.4 Å². The molecule has 11 heteroatoms. The van der Waals surface area contributed by atoms with Crippen molar-refractivity contribution in [3.05, 3.63) is 38.4 Å². The quantitative estimate of drug-likeness (QED) is 0.257. The van der Waals surface area contributed by atoms with Gasteiger partial charge in [0.05, 0.1) is 15.9 Å². The molecule has 1 aromatic carbocycles. The number of ether oxygens (including phenoxy) is 1. The summed E-state index contributed by atoms with van der Waals surface area (Å²) in [6.07, 6.45) is 8.06. The Morgan fingerprint density at radius 2 is 1.74 bits per heavy atom. The number of nitrogens with one attached hydrogen (secondary N) is 1. The minimum absolute atomic E-state index is 0.0874. The molecule has 34 heavy (non-hydrogen) atoms. The number of nitrogen functional groups attached to an aromatic ring is 1. The van der Waals surface area contributed by atoms with Gasteiger partial charge in [-0.25, -0.2) is 0 Å². The number of benzene rings is 1. The predicted octanol–water partition coefficient (Wildman–Crippen LogP) is 5.13. The lowest BCUT2D eigenvalue weighted by Gasteiger charge is -2.50. The number of nitro benzene ring substituents is 2. The first-order chi connectivity index (χ1) is 16.0. The second kappa shape index (κ2) is 9.20. The number of fused-ring (bicyclic) bond motifs is 3. The Kier molecular flexibility index (Phi) is 6.63. The van der Waals surface area contributed by atoms with E-state index < -0.39 is 27.1 Å². The van der Waals surface area contributed by atoms with Crippen LogP contribution in [0.4, 0.5) is 17.1 Å². The Morgan fingerprint density at radius 3 is 2.38 bits per heavy atom. The minimum Gasteiger partial charge on any atom is -0.393 e. The summed E-state index contributed by atoms with van der Waals surface area (Å²) < 4.78 is 6.57. The van der Waals surface area contributed by atoms with Gasteiger partial charge in [-0.2, -0.15) is 9.78 Å². The Hall–Kier alpha value is -2.63. The van der Waals surface area contributed by atoms with Crippen LogP contribution in [0.5, 0.6) is 0 Å². The van der Waals surface area contributed by atoms with Crippen molar-refractivity contribution in [3.8, 4) is 0 Å². The number of anilines is 1. The monoisotopic (exact) mass is 476 g/mol. The molecule has 3 N–H and O–H groups in total. The molecule has 11 nitrogen and oxygen atoms in total. The normalized spacial score (nSPS) is 36.7. The molecule has 1 heterocycles. The first-order valence-corrected chi connectivity index (χ1v) is 11.8. The van der Waals surface area contributed by atoms with Gasteiger partial charge < -0.3 is 15.9 Å². The Bertz CT molecular complexity index is 972. The molecule has 0 radical (unpaired) electrons. The predicted molar refractivity (Wildman–Crippen MR) is 123 cm³/mol. The molecule has 5 rings (SSSR count). The maximum Gasteiger partial charge on any atom is 0.298 e. The maximum atomic E-state index is 10.3. The number of hydrogen-bond acceptors (Lipinski definition) is 9. The summed E-state index contributed by atoms with van der Waals surface area (Å²) in [6, 6.07) is 3.08. The molecule has 0 aromatic heterocycles. The van der Waals surface area contributed by atoms with E-state index in [2.05, 4.69) is 13.8 Å². The smallest absolute Gasteiger partial charge is 0.298 e. The number of non-ortho nitro benzene ring substituents is 1. The van der Waals surface area contributed by atoms with E-state index in [1.54, 1.807) is 0 Å². The Balaban J connectivity index is 0.000000182. The summed E-state index contributed by atoms with van der Waals surface area (Å²) >= 11 is 0. The molecule has 2 spiro atoms. The van der Waals surface area contributed by atoms with E-state index in [1.165, 1.54) is 25.7 Å². The van der Waals surface area contributed by atoms with Crippen molar-refractivity contribution in [2.45, 2.75) is 76.8 Å². The highest BCUT2D eigenvalue weighted by Crippen LogP contribution is 2.57. The van der Waals surface area contributed by atoms with Gasteiger partial charge in [0.25, 0.3) is 11.4 Å². The van der Waals surface area contributed by atoms with Gasteiger partial charge in [0.1, 0.15) is 5.69 Å². The Labute approximate surface area is 197 Å². The topological polar surface area (TPSA) is 164 Å². The standard InChI is InChI=1S/C17H27NO3.C6H5N3O4/c1-11-7-13-9-12(2)17(14(8-11)10-13)19-16(20-21-17)5-3-15(18)4-6-16;7-5-2-1-4(8(10)11)3-6(5)9(12)13/h11-14,18H,3-10H2,1-2H3;1-3H,7H2. The van der Waals surface area contributed by atoms with Crippen LogP contribution in [0.2, 0.25) is 0 Å². The average Bonchev–Trinajstić information content (AvgIpc) is 3.15. The fourth-order valence-electron chi connectivity index (χ4n) is 6.06. The van der Waals surface area contributed by atoms with Crippen LogP contribution in [-0.4, -0.2) is 27.1 Å². The third-order valence-corrected chi connectivity index (χ3v) is 7.69. The second-order valence-corrected chi connectivity index (χ2v) is 10.3. The zero-order valence-corrected chi connectivity index (χ0v) is 19.5. The van der Waals surface area contributed by atoms with Gasteiger partial charge in [-0.3, -0.25) is 20.2 Å². The van der Waals surface area contributed by atoms with Gasteiger partial charge in [0.15, 0.2) is 0 Å². The van der Waals surface area contributed by atoms with E-state index in [1.807, 2.05) is 0 Å². The molecule has 3 saturated carbocycles. The molecule has 3 aliphatic carbocycles. The highest BCUT2D eigenvalue weighted by Gasteiger charge is 2.62. The average molecular weight is 477 g/mol. The van der Waals surface area contributed by atoms with Crippen LogP contribution in [0, 0.1) is 49.3 Å². The summed E-state index contributed by atoms with van der Waals surface area (Å²) in [5.41, 5.74) is 5.16. The lowest BCUT2D eigenvalue weighted by Crippen LogP contribution is -2.54. The van der Waals surface area contributed by atoms with Gasteiger partial charge in [-0.15, -0.1) is 0 Å². The maximum absolute atomic E-state index is 10.3. The van der Waals surface area contributed by atoms with E-state index in [0.717, 1.165) is 61.4 Å². The van der Waals surface area contributed by atoms with E-state index >= 15 is 0 Å². The summed E-state index contributed by atoms with van der Waals surface area (Å²) in [5.74, 6) is 1.37. The number of nitrogens with zero attached hydrogens (tertiary/aromatic N) is 2. The third kappa shape index (κ3) is 4.64. The lowest BCUT2D eigenvalue weighted by molar-refractivity contribution is -0.393. The molecule has 5 unspecified atom stereocenters. The molecule has 1 saturated heterocycles. The molecule has 1 aliphatic heterocycles. The van der Waals surface area contributed by atoms with Crippen LogP contribution in [0.25, 0.3) is 0 Å². The van der Waals surface area contributed by atoms with Crippen molar-refractivity contribution in [1.82, 2.24) is 0 Å². The van der Waals surface area contributed by atoms with Gasteiger partial charge in [-0.05, 0) is 56.4 Å². The van der Waals surface area contributed by atoms with E-state index in [0.29, 0.717) is 11.8 Å². The van der Waals surface area contributed by atoms with Crippen LogP contribution < -0.4 is 5.73 Å². The summed E-state index contributed by atoms with van der Waals surface area (Å²) in [4.78, 5) is 30.8. The van der Waals surface area contributed by atoms with Crippen LogP contribution in [0.3, 0.4) is 0 Å². The van der Waals surface area contributed by atoms with E-state index in [-0.39, 0.29) is 11.4 Å². The summed E-state index contributed by atoms with van der Waals surface area (Å²) in [7, 11) is 0. The third-order valence-electron chi connectivity index (χ3n) is 7.69. The SMILES string of the molecule is CC1CC2CC(C)C3(OOC4(CCC(=N)CC4)O3)C(C1)C2.Nc1ccc([N+](=O)[O-])cc1[N+](=O)[O-]. The van der Waals surface area contributed by atoms with Crippen LogP contribution >= 0.6 is 0 Å². The number of rotatable bonds is 2. The zero-order chi connectivity index (χ0) is 24.7. The van der Waals surface area contributed by atoms with Gasteiger partial charge in [0.2, 0.25) is 11.6 Å². The molecule has 4 fully saturated rings. The molecule has 5 atom stereocenters. The van der Waals surface area contributed by atoms with Crippen LogP contribution in [0.15, 0.2) is 18.2 Å². The van der Waals surface area contributed by atoms with Gasteiger partial charge in [-0.1, -0.05) is 13.8 Å². The van der Waals surface area contributed by atoms with Crippen LogP contribution in [-0.2, 0) is 14.5 Å². The molecular weight excluding hydrogens is 444 g/mol. The number of nitrogens with two attached hydrogens (primary N) is 1. The molecular formula is C23H32N4O7. The van der Waals surface area contributed by atoms with Gasteiger partial charge >= 0.3 is 0 Å². The number of nitro groups is 2. The first kappa shape index (κ1) is 24.5. The largest absolute Gasteiger partial charge is 0.393 e. The van der Waals surface area contributed by atoms with Crippen molar-refractivity contribution in [2.24, 2.45) is 23.7 Å². The van der Waals surface area contributed by atoms with E-state index in [9.17, 15) is 20.2 Å². The van der Waals surface area contributed by atoms with Crippen molar-refractivity contribution >= 4 is 22.8 Å². The highest BCUT2D eigenvalue weighted by molar-refractivity contribution is 5.82. The van der Waals surface area contributed by atoms with Crippen molar-refractivity contribution in [1.29, 1.82) is 5.41 Å².